The summed E-state index contributed by atoms with van der Waals surface area (Å²) in [6.07, 6.45) is 6.04. The molecule has 5 nitrogen and oxygen atoms in total. The maximum Gasteiger partial charge on any atom is 0.225 e. The summed E-state index contributed by atoms with van der Waals surface area (Å²) in [5.74, 6) is 0.0424. The number of halogens is 2. The number of nitrogens with one attached hydrogen (secondary N) is 1. The molecule has 0 spiro atoms. The molecule has 0 aromatic heterocycles. The molecule has 1 N–H and O–H groups in total. The number of nitriles is 1. The molecule has 0 unspecified atom stereocenters. The second kappa shape index (κ2) is 6.59. The van der Waals surface area contributed by atoms with Crippen LogP contribution in [0.3, 0.4) is 0 Å². The number of carbonyl (C=O) groups is 1. The van der Waals surface area contributed by atoms with Crippen LogP contribution in [0.15, 0.2) is 18.2 Å². The van der Waals surface area contributed by atoms with E-state index in [0.717, 1.165) is 37.9 Å². The van der Waals surface area contributed by atoms with Crippen molar-refractivity contribution in [2.75, 3.05) is 18.0 Å². The van der Waals surface area contributed by atoms with E-state index in [2.05, 4.69) is 16.4 Å². The summed E-state index contributed by atoms with van der Waals surface area (Å²) < 4.78 is 0. The van der Waals surface area contributed by atoms with Gasteiger partial charge in [-0.2, -0.15) is 5.26 Å². The van der Waals surface area contributed by atoms with Crippen LogP contribution in [-0.4, -0.2) is 42.0 Å². The maximum atomic E-state index is 12.7. The number of rotatable bonds is 3. The van der Waals surface area contributed by atoms with Crippen LogP contribution in [0.4, 0.5) is 5.69 Å². The number of benzene rings is 1. The minimum Gasteiger partial charge on any atom is -0.369 e. The van der Waals surface area contributed by atoms with E-state index in [4.69, 9.17) is 23.2 Å². The van der Waals surface area contributed by atoms with Crippen LogP contribution in [0.2, 0.25) is 10.0 Å². The van der Waals surface area contributed by atoms with Crippen LogP contribution in [0, 0.1) is 17.4 Å². The Morgan fingerprint density at radius 2 is 2.12 bits per heavy atom. The molecule has 3 aliphatic rings. The van der Waals surface area contributed by atoms with E-state index in [-0.39, 0.29) is 23.9 Å². The smallest absolute Gasteiger partial charge is 0.225 e. The molecule has 0 saturated carbocycles. The third-order valence-corrected chi connectivity index (χ3v) is 6.34. The normalized spacial score (nSPS) is 30.6. The molecule has 2 bridgehead atoms. The Hall–Kier alpha value is -1.64. The fraction of sp³-hybridized carbons (Fsp3) is 0.556. The highest BCUT2D eigenvalue weighted by atomic mass is 35.5. The molecule has 132 valence electrons. The Kier molecular flexibility index (Phi) is 4.43. The molecule has 7 heteroatoms. The Balaban J connectivity index is 1.38. The van der Waals surface area contributed by atoms with Crippen molar-refractivity contribution in [2.24, 2.45) is 5.92 Å². The fourth-order valence-electron chi connectivity index (χ4n) is 4.52. The SMILES string of the molecule is N#CN1[C@H]2CC[C@@H]1[C@H](NC(=O)[C@H]1CCN(c3cc(Cl)ccc3Cl)C1)C2. The van der Waals surface area contributed by atoms with E-state index in [1.54, 1.807) is 12.1 Å². The molecule has 3 aliphatic heterocycles. The lowest BCUT2D eigenvalue weighted by molar-refractivity contribution is -0.125. The van der Waals surface area contributed by atoms with Crippen molar-refractivity contribution in [3.63, 3.8) is 0 Å². The first-order valence-electron chi connectivity index (χ1n) is 8.75. The zero-order chi connectivity index (χ0) is 17.6. The van der Waals surface area contributed by atoms with Gasteiger partial charge in [0.2, 0.25) is 5.91 Å². The van der Waals surface area contributed by atoms with Gasteiger partial charge in [-0.1, -0.05) is 23.2 Å². The Labute approximate surface area is 157 Å². The standard InChI is InChI=1S/C18H20Cl2N4O/c19-12-1-3-14(20)17(7-12)23-6-5-11(9-23)18(25)22-15-8-13-2-4-16(15)24(13)10-21/h1,3,7,11,13,15-16H,2,4-6,8-9H2,(H,22,25)/t11-,13-,15+,16+/m0/s1. The lowest BCUT2D eigenvalue weighted by Gasteiger charge is -2.24. The van der Waals surface area contributed by atoms with Crippen molar-refractivity contribution in [1.82, 2.24) is 10.2 Å². The van der Waals surface area contributed by atoms with Gasteiger partial charge >= 0.3 is 0 Å². The minimum atomic E-state index is -0.0512. The molecule has 0 aliphatic carbocycles. The van der Waals surface area contributed by atoms with Gasteiger partial charge in [-0.05, 0) is 43.9 Å². The molecule has 1 aromatic carbocycles. The number of nitrogens with zero attached hydrogens (tertiary/aromatic N) is 3. The second-order valence-corrected chi connectivity index (χ2v) is 8.03. The molecule has 1 amide bonds. The number of carbonyl (C=O) groups excluding carboxylic acids is 1. The summed E-state index contributed by atoms with van der Waals surface area (Å²) in [6, 6.07) is 6.01. The van der Waals surface area contributed by atoms with E-state index in [9.17, 15) is 10.1 Å². The Morgan fingerprint density at radius 3 is 2.88 bits per heavy atom. The zero-order valence-electron chi connectivity index (χ0n) is 13.8. The van der Waals surface area contributed by atoms with E-state index in [1.807, 2.05) is 11.0 Å². The van der Waals surface area contributed by atoms with E-state index in [0.29, 0.717) is 22.6 Å². The third kappa shape index (κ3) is 3.02. The average molecular weight is 379 g/mol. The molecule has 4 rings (SSSR count). The molecule has 4 atom stereocenters. The van der Waals surface area contributed by atoms with E-state index < -0.39 is 0 Å². The maximum absolute atomic E-state index is 12.7. The van der Waals surface area contributed by atoms with Gasteiger partial charge in [-0.15, -0.1) is 0 Å². The topological polar surface area (TPSA) is 59.4 Å². The van der Waals surface area contributed by atoms with Gasteiger partial charge in [0, 0.05) is 24.2 Å². The van der Waals surface area contributed by atoms with Crippen molar-refractivity contribution in [3.8, 4) is 6.19 Å². The third-order valence-electron chi connectivity index (χ3n) is 5.79. The van der Waals surface area contributed by atoms with Crippen molar-refractivity contribution in [3.05, 3.63) is 28.2 Å². The first-order chi connectivity index (χ1) is 12.1. The van der Waals surface area contributed by atoms with Gasteiger partial charge < -0.3 is 15.1 Å². The predicted molar refractivity (Wildman–Crippen MR) is 97.6 cm³/mol. The van der Waals surface area contributed by atoms with Crippen molar-refractivity contribution >= 4 is 34.8 Å². The van der Waals surface area contributed by atoms with Crippen LogP contribution < -0.4 is 10.2 Å². The summed E-state index contributed by atoms with van der Waals surface area (Å²) in [6.45, 7) is 1.44. The number of amides is 1. The first kappa shape index (κ1) is 16.8. The lowest BCUT2D eigenvalue weighted by atomic mass is 9.95. The highest BCUT2D eigenvalue weighted by Crippen LogP contribution is 2.37. The molecule has 3 fully saturated rings. The van der Waals surface area contributed by atoms with Crippen LogP contribution in [0.1, 0.15) is 25.7 Å². The number of fused-ring (bicyclic) bond motifs is 2. The predicted octanol–water partition coefficient (Wildman–Crippen LogP) is 3.02. The molecule has 1 aromatic rings. The molecule has 0 radical (unpaired) electrons. The molecule has 25 heavy (non-hydrogen) atoms. The number of anilines is 1. The Bertz CT molecular complexity index is 734. The summed E-state index contributed by atoms with van der Waals surface area (Å²) in [5.41, 5.74) is 0.889. The summed E-state index contributed by atoms with van der Waals surface area (Å²) >= 11 is 12.4. The van der Waals surface area contributed by atoms with Crippen molar-refractivity contribution < 1.29 is 4.79 Å². The quantitative estimate of drug-likeness (QED) is 0.821. The van der Waals surface area contributed by atoms with E-state index in [1.165, 1.54) is 0 Å². The minimum absolute atomic E-state index is 0.0512. The second-order valence-electron chi connectivity index (χ2n) is 7.18. The first-order valence-corrected chi connectivity index (χ1v) is 9.51. The molecular weight excluding hydrogens is 359 g/mol. The molecular formula is C18H20Cl2N4O. The molecule has 3 saturated heterocycles. The highest BCUT2D eigenvalue weighted by Gasteiger charge is 2.47. The summed E-state index contributed by atoms with van der Waals surface area (Å²) in [7, 11) is 0. The van der Waals surface area contributed by atoms with Gasteiger partial charge in [0.25, 0.3) is 0 Å². The average Bonchev–Trinajstić information content (AvgIpc) is 3.30. The summed E-state index contributed by atoms with van der Waals surface area (Å²) in [4.78, 5) is 16.7. The zero-order valence-corrected chi connectivity index (χ0v) is 15.3. The van der Waals surface area contributed by atoms with Crippen molar-refractivity contribution in [1.29, 1.82) is 5.26 Å². The lowest BCUT2D eigenvalue weighted by Crippen LogP contribution is -2.46. The van der Waals surface area contributed by atoms with Crippen LogP contribution in [0.5, 0.6) is 0 Å². The molecule has 3 heterocycles. The summed E-state index contributed by atoms with van der Waals surface area (Å²) in [5, 5.41) is 13.7. The van der Waals surface area contributed by atoms with Gasteiger partial charge in [0.15, 0.2) is 6.19 Å². The largest absolute Gasteiger partial charge is 0.369 e. The van der Waals surface area contributed by atoms with Crippen LogP contribution >= 0.6 is 23.2 Å². The van der Waals surface area contributed by atoms with Gasteiger partial charge in [0.1, 0.15) is 0 Å². The van der Waals surface area contributed by atoms with Gasteiger partial charge in [-0.3, -0.25) is 4.79 Å². The van der Waals surface area contributed by atoms with Crippen LogP contribution in [0.25, 0.3) is 0 Å². The fourth-order valence-corrected chi connectivity index (χ4v) is 4.92. The highest BCUT2D eigenvalue weighted by molar-refractivity contribution is 6.35. The van der Waals surface area contributed by atoms with Gasteiger partial charge in [-0.25, -0.2) is 0 Å². The number of hydrogen-bond acceptors (Lipinski definition) is 4. The Morgan fingerprint density at radius 1 is 1.28 bits per heavy atom. The van der Waals surface area contributed by atoms with Gasteiger partial charge in [0.05, 0.1) is 28.7 Å². The number of hydrogen-bond donors (Lipinski definition) is 1. The van der Waals surface area contributed by atoms with Crippen molar-refractivity contribution in [2.45, 2.75) is 43.8 Å². The monoisotopic (exact) mass is 378 g/mol. The van der Waals surface area contributed by atoms with Crippen LogP contribution in [-0.2, 0) is 4.79 Å². The van der Waals surface area contributed by atoms with E-state index >= 15 is 0 Å².